The molecular weight excluding hydrogens is 374 g/mol. The van der Waals surface area contributed by atoms with Gasteiger partial charge in [0.1, 0.15) is 0 Å². The van der Waals surface area contributed by atoms with Gasteiger partial charge in [-0.3, -0.25) is 0 Å². The van der Waals surface area contributed by atoms with Gasteiger partial charge in [0.05, 0.1) is 27.2 Å². The highest BCUT2D eigenvalue weighted by Gasteiger charge is 2.13. The topological polar surface area (TPSA) is 0 Å². The van der Waals surface area contributed by atoms with Gasteiger partial charge >= 0.3 is 0 Å². The molecule has 0 N–H and O–H groups in total. The van der Waals surface area contributed by atoms with Crippen LogP contribution >= 0.6 is 0 Å². The van der Waals surface area contributed by atoms with Crippen LogP contribution in [0, 0.1) is 0 Å². The Balaban J connectivity index is 3.16. The van der Waals surface area contributed by atoms with Gasteiger partial charge in [-0.2, -0.15) is 0 Å². The molecule has 0 bridgehead atoms. The van der Waals surface area contributed by atoms with Gasteiger partial charge in [-0.05, 0) is 25.7 Å². The van der Waals surface area contributed by atoms with Crippen LogP contribution in [0.15, 0.2) is 0 Å². The lowest BCUT2D eigenvalue weighted by Crippen LogP contribution is -2.41. The second kappa shape index (κ2) is 24.6. The van der Waals surface area contributed by atoms with E-state index in [1.165, 1.54) is 172 Å². The highest BCUT2D eigenvalue weighted by molar-refractivity contribution is 4.51. The van der Waals surface area contributed by atoms with Crippen molar-refractivity contribution in [3.05, 3.63) is 0 Å². The number of hydrogen-bond donors (Lipinski definition) is 0. The fourth-order valence-electron chi connectivity index (χ4n) is 4.87. The Morgan fingerprint density at radius 2 is 0.484 bits per heavy atom. The molecule has 0 saturated carbocycles. The van der Waals surface area contributed by atoms with Crippen LogP contribution in [0.5, 0.6) is 0 Å². The van der Waals surface area contributed by atoms with E-state index in [1.54, 1.807) is 0 Å². The van der Waals surface area contributed by atoms with Crippen LogP contribution < -0.4 is 0 Å². The van der Waals surface area contributed by atoms with Crippen molar-refractivity contribution < 1.29 is 4.48 Å². The first-order valence-electron chi connectivity index (χ1n) is 14.9. The molecule has 0 fully saturated rings. The Morgan fingerprint density at radius 3 is 0.742 bits per heavy atom. The fourth-order valence-corrected chi connectivity index (χ4v) is 4.87. The number of hydrogen-bond acceptors (Lipinski definition) is 0. The molecule has 0 heterocycles. The molecule has 0 spiro atoms. The molecule has 0 rings (SSSR count). The lowest BCUT2D eigenvalue weighted by atomic mass is 10.0. The molecule has 31 heavy (non-hydrogen) atoms. The molecule has 0 saturated heterocycles. The van der Waals surface area contributed by atoms with Crippen molar-refractivity contribution in [2.45, 2.75) is 168 Å². The molecule has 1 nitrogen and oxygen atoms in total. The van der Waals surface area contributed by atoms with Crippen LogP contribution in [-0.4, -0.2) is 31.7 Å². The third kappa shape index (κ3) is 26.1. The molecule has 0 aromatic carbocycles. The SMILES string of the molecule is CCCCCCCCCCCCCCCCCCCCCC[N+](C)(C)CCCCCC. The number of nitrogens with zero attached hydrogens (tertiary/aromatic N) is 1. The van der Waals surface area contributed by atoms with Crippen molar-refractivity contribution in [3.8, 4) is 0 Å². The van der Waals surface area contributed by atoms with Gasteiger partial charge < -0.3 is 4.48 Å². The van der Waals surface area contributed by atoms with Gasteiger partial charge in [-0.1, -0.05) is 142 Å². The van der Waals surface area contributed by atoms with Crippen molar-refractivity contribution in [1.82, 2.24) is 0 Å². The van der Waals surface area contributed by atoms with E-state index in [0.717, 1.165) is 0 Å². The van der Waals surface area contributed by atoms with Gasteiger partial charge in [-0.15, -0.1) is 0 Å². The summed E-state index contributed by atoms with van der Waals surface area (Å²) < 4.78 is 1.24. The van der Waals surface area contributed by atoms with Crippen LogP contribution in [-0.2, 0) is 0 Å². The maximum atomic E-state index is 2.43. The summed E-state index contributed by atoms with van der Waals surface area (Å²) in [5.41, 5.74) is 0. The Labute approximate surface area is 199 Å². The van der Waals surface area contributed by atoms with Crippen molar-refractivity contribution in [2.75, 3.05) is 27.2 Å². The minimum Gasteiger partial charge on any atom is -0.328 e. The smallest absolute Gasteiger partial charge is 0.0782 e. The van der Waals surface area contributed by atoms with Gasteiger partial charge in [-0.25, -0.2) is 0 Å². The molecule has 0 aromatic heterocycles. The van der Waals surface area contributed by atoms with Gasteiger partial charge in [0.15, 0.2) is 0 Å². The van der Waals surface area contributed by atoms with Crippen LogP contribution in [0.4, 0.5) is 0 Å². The molecular formula is C30H64N+. The minimum atomic E-state index is 1.24. The molecule has 0 amide bonds. The van der Waals surface area contributed by atoms with Crippen LogP contribution in [0.3, 0.4) is 0 Å². The van der Waals surface area contributed by atoms with Gasteiger partial charge in [0.25, 0.3) is 0 Å². The third-order valence-electron chi connectivity index (χ3n) is 7.23. The van der Waals surface area contributed by atoms with E-state index in [0.29, 0.717) is 0 Å². The van der Waals surface area contributed by atoms with Crippen LogP contribution in [0.25, 0.3) is 0 Å². The van der Waals surface area contributed by atoms with E-state index in [1.807, 2.05) is 0 Å². The molecule has 0 atom stereocenters. The summed E-state index contributed by atoms with van der Waals surface area (Å²) in [6, 6.07) is 0. The zero-order valence-electron chi connectivity index (χ0n) is 22.8. The minimum absolute atomic E-state index is 1.24. The van der Waals surface area contributed by atoms with E-state index in [9.17, 15) is 0 Å². The second-order valence-electron chi connectivity index (χ2n) is 11.2. The molecule has 0 aliphatic heterocycles. The van der Waals surface area contributed by atoms with Crippen molar-refractivity contribution in [2.24, 2.45) is 0 Å². The van der Waals surface area contributed by atoms with Gasteiger partial charge in [0, 0.05) is 0 Å². The summed E-state index contributed by atoms with van der Waals surface area (Å²) >= 11 is 0. The average Bonchev–Trinajstić information content (AvgIpc) is 2.75. The van der Waals surface area contributed by atoms with E-state index in [-0.39, 0.29) is 0 Å². The maximum absolute atomic E-state index is 2.43. The Morgan fingerprint density at radius 1 is 0.290 bits per heavy atom. The summed E-state index contributed by atoms with van der Waals surface area (Å²) in [4.78, 5) is 0. The molecule has 0 aliphatic rings. The normalized spacial score (nSPS) is 12.0. The first kappa shape index (κ1) is 31.0. The lowest BCUT2D eigenvalue weighted by molar-refractivity contribution is -0.890. The van der Waals surface area contributed by atoms with Crippen LogP contribution in [0.1, 0.15) is 168 Å². The summed E-state index contributed by atoms with van der Waals surface area (Å²) in [5, 5.41) is 0. The number of rotatable bonds is 26. The highest BCUT2D eigenvalue weighted by Crippen LogP contribution is 2.15. The summed E-state index contributed by atoms with van der Waals surface area (Å²) in [5.74, 6) is 0. The quantitative estimate of drug-likeness (QED) is 0.0930. The van der Waals surface area contributed by atoms with Crippen molar-refractivity contribution in [1.29, 1.82) is 0 Å². The summed E-state index contributed by atoms with van der Waals surface area (Å²) in [6.07, 6.45) is 35.0. The summed E-state index contributed by atoms with van der Waals surface area (Å²) in [7, 11) is 4.86. The first-order valence-corrected chi connectivity index (χ1v) is 14.9. The Kier molecular flexibility index (Phi) is 24.6. The fraction of sp³-hybridized carbons (Fsp3) is 1.00. The lowest BCUT2D eigenvalue weighted by Gasteiger charge is -2.30. The first-order chi connectivity index (χ1) is 15.1. The van der Waals surface area contributed by atoms with E-state index in [2.05, 4.69) is 27.9 Å². The molecule has 1 heteroatoms. The van der Waals surface area contributed by atoms with Crippen LogP contribution in [0.2, 0.25) is 0 Å². The number of unbranched alkanes of at least 4 members (excludes halogenated alkanes) is 22. The van der Waals surface area contributed by atoms with Crippen molar-refractivity contribution in [3.63, 3.8) is 0 Å². The molecule has 0 aromatic rings. The largest absolute Gasteiger partial charge is 0.328 e. The Bertz CT molecular complexity index is 322. The summed E-state index contributed by atoms with van der Waals surface area (Å²) in [6.45, 7) is 7.36. The highest BCUT2D eigenvalue weighted by atomic mass is 15.3. The standard InChI is InChI=1S/C30H64N/c1-5-7-9-11-12-13-14-15-16-17-18-19-20-21-22-23-24-25-26-28-30-31(3,4)29-27-10-8-6-2/h5-30H2,1-4H3/q+1. The van der Waals surface area contributed by atoms with E-state index < -0.39 is 0 Å². The maximum Gasteiger partial charge on any atom is 0.0782 e. The van der Waals surface area contributed by atoms with E-state index in [4.69, 9.17) is 0 Å². The second-order valence-corrected chi connectivity index (χ2v) is 11.2. The van der Waals surface area contributed by atoms with E-state index >= 15 is 0 Å². The molecule has 0 aliphatic carbocycles. The average molecular weight is 439 g/mol. The third-order valence-corrected chi connectivity index (χ3v) is 7.23. The molecule has 0 unspecified atom stereocenters. The van der Waals surface area contributed by atoms with Crippen molar-refractivity contribution >= 4 is 0 Å². The monoisotopic (exact) mass is 439 g/mol. The van der Waals surface area contributed by atoms with Gasteiger partial charge in [0.2, 0.25) is 0 Å². The predicted octanol–water partition coefficient (Wildman–Crippen LogP) is 10.5. The Hall–Kier alpha value is -0.0400. The molecule has 0 radical (unpaired) electrons. The predicted molar refractivity (Wildman–Crippen MR) is 144 cm³/mol. The number of quaternary nitrogens is 1. The molecule has 188 valence electrons. The zero-order chi connectivity index (χ0) is 22.9. The zero-order valence-corrected chi connectivity index (χ0v) is 22.8.